The molecule has 0 radical (unpaired) electrons. The zero-order valence-electron chi connectivity index (χ0n) is 12.2. The molecule has 114 valence electrons. The van der Waals surface area contributed by atoms with Crippen molar-refractivity contribution in [3.63, 3.8) is 0 Å². The third-order valence-corrected chi connectivity index (χ3v) is 3.95. The minimum atomic E-state index is 0.282. The Hall–Kier alpha value is -2.92. The standard InChI is InChI=1S/C15H12N6OS/c1-21-13(10-22-12-5-3-2-4-6-12)18-20-15(21)23-14-8-7-11(9-16)17-19-14/h2-8H,10H2,1H3. The van der Waals surface area contributed by atoms with Gasteiger partial charge in [-0.2, -0.15) is 5.26 Å². The Morgan fingerprint density at radius 2 is 1.91 bits per heavy atom. The Morgan fingerprint density at radius 1 is 1.09 bits per heavy atom. The summed E-state index contributed by atoms with van der Waals surface area (Å²) in [5.41, 5.74) is 0.282. The van der Waals surface area contributed by atoms with Crippen LogP contribution in [0.5, 0.6) is 5.75 Å². The van der Waals surface area contributed by atoms with Crippen LogP contribution in [0.15, 0.2) is 52.6 Å². The molecule has 8 heteroatoms. The van der Waals surface area contributed by atoms with Crippen molar-refractivity contribution in [1.82, 2.24) is 25.0 Å². The Balaban J connectivity index is 1.67. The maximum absolute atomic E-state index is 8.72. The van der Waals surface area contributed by atoms with Crippen LogP contribution in [0.25, 0.3) is 0 Å². The zero-order chi connectivity index (χ0) is 16.1. The maximum Gasteiger partial charge on any atom is 0.197 e. The van der Waals surface area contributed by atoms with Crippen molar-refractivity contribution < 1.29 is 4.74 Å². The van der Waals surface area contributed by atoms with Gasteiger partial charge < -0.3 is 9.30 Å². The van der Waals surface area contributed by atoms with Crippen LogP contribution in [0.3, 0.4) is 0 Å². The first-order chi connectivity index (χ1) is 11.3. The number of rotatable bonds is 5. The van der Waals surface area contributed by atoms with Gasteiger partial charge in [-0.1, -0.05) is 18.2 Å². The lowest BCUT2D eigenvalue weighted by Crippen LogP contribution is -2.04. The second kappa shape index (κ2) is 6.89. The fourth-order valence-corrected chi connectivity index (χ4v) is 2.48. The van der Waals surface area contributed by atoms with Crippen LogP contribution >= 0.6 is 11.8 Å². The lowest BCUT2D eigenvalue weighted by molar-refractivity contribution is 0.290. The first-order valence-corrected chi connectivity index (χ1v) is 7.55. The Kier molecular flexibility index (Phi) is 4.49. The van der Waals surface area contributed by atoms with Crippen molar-refractivity contribution in [3.05, 3.63) is 54.0 Å². The monoisotopic (exact) mass is 324 g/mol. The summed E-state index contributed by atoms with van der Waals surface area (Å²) in [7, 11) is 1.86. The smallest absolute Gasteiger partial charge is 0.197 e. The molecule has 0 aliphatic heterocycles. The van der Waals surface area contributed by atoms with Gasteiger partial charge in [0, 0.05) is 7.05 Å². The number of hydrogen-bond acceptors (Lipinski definition) is 7. The number of nitriles is 1. The van der Waals surface area contributed by atoms with Crippen LogP contribution in [-0.4, -0.2) is 25.0 Å². The topological polar surface area (TPSA) is 89.5 Å². The van der Waals surface area contributed by atoms with Crippen molar-refractivity contribution in [2.45, 2.75) is 16.8 Å². The molecule has 2 heterocycles. The summed E-state index contributed by atoms with van der Waals surface area (Å²) in [4.78, 5) is 0. The van der Waals surface area contributed by atoms with Gasteiger partial charge in [0.1, 0.15) is 23.5 Å². The molecule has 3 aromatic rings. The van der Waals surface area contributed by atoms with Crippen molar-refractivity contribution in [3.8, 4) is 11.8 Å². The summed E-state index contributed by atoms with van der Waals surface area (Å²) in [6.07, 6.45) is 0. The molecule has 0 aliphatic rings. The number of aromatic nitrogens is 5. The van der Waals surface area contributed by atoms with Gasteiger partial charge in [0.05, 0.1) is 0 Å². The minimum absolute atomic E-state index is 0.282. The highest BCUT2D eigenvalue weighted by molar-refractivity contribution is 7.99. The molecule has 0 saturated heterocycles. The predicted octanol–water partition coefficient (Wildman–Crippen LogP) is 2.21. The fourth-order valence-electron chi connectivity index (χ4n) is 1.75. The highest BCUT2D eigenvalue weighted by Crippen LogP contribution is 2.24. The second-order valence-electron chi connectivity index (χ2n) is 4.53. The number of para-hydroxylation sites is 1. The first-order valence-electron chi connectivity index (χ1n) is 6.74. The molecule has 7 nitrogen and oxygen atoms in total. The van der Waals surface area contributed by atoms with Crippen molar-refractivity contribution in [1.29, 1.82) is 5.26 Å². The predicted molar refractivity (Wildman–Crippen MR) is 82.6 cm³/mol. The molecule has 0 bridgehead atoms. The van der Waals surface area contributed by atoms with Crippen molar-refractivity contribution in [2.24, 2.45) is 7.05 Å². The van der Waals surface area contributed by atoms with E-state index in [0.717, 1.165) is 5.75 Å². The number of hydrogen-bond donors (Lipinski definition) is 0. The van der Waals surface area contributed by atoms with Gasteiger partial charge in [-0.25, -0.2) is 0 Å². The molecule has 0 N–H and O–H groups in total. The molecule has 0 atom stereocenters. The van der Waals surface area contributed by atoms with Crippen molar-refractivity contribution in [2.75, 3.05) is 0 Å². The summed E-state index contributed by atoms with van der Waals surface area (Å²) in [5.74, 6) is 1.49. The first kappa shape index (κ1) is 15.0. The summed E-state index contributed by atoms with van der Waals surface area (Å²) in [5, 5.41) is 26.1. The molecular weight excluding hydrogens is 312 g/mol. The van der Waals surface area contributed by atoms with E-state index in [9.17, 15) is 0 Å². The van der Waals surface area contributed by atoms with Gasteiger partial charge in [-0.3, -0.25) is 0 Å². The van der Waals surface area contributed by atoms with E-state index in [1.165, 1.54) is 11.8 Å². The highest BCUT2D eigenvalue weighted by atomic mass is 32.2. The Bertz CT molecular complexity index is 825. The Morgan fingerprint density at radius 3 is 2.61 bits per heavy atom. The normalized spacial score (nSPS) is 10.3. The van der Waals surface area contributed by atoms with Gasteiger partial charge in [0.15, 0.2) is 16.7 Å². The third-order valence-electron chi connectivity index (χ3n) is 2.99. The van der Waals surface area contributed by atoms with Gasteiger partial charge in [0.2, 0.25) is 0 Å². The van der Waals surface area contributed by atoms with Crippen LogP contribution in [0.1, 0.15) is 11.5 Å². The summed E-state index contributed by atoms with van der Waals surface area (Å²) >= 11 is 1.33. The molecule has 2 aromatic heterocycles. The zero-order valence-corrected chi connectivity index (χ0v) is 13.1. The van der Waals surface area contributed by atoms with Gasteiger partial charge in [-0.15, -0.1) is 20.4 Å². The van der Waals surface area contributed by atoms with E-state index < -0.39 is 0 Å². The number of benzene rings is 1. The van der Waals surface area contributed by atoms with E-state index in [2.05, 4.69) is 20.4 Å². The molecular formula is C15H12N6OS. The van der Waals surface area contributed by atoms with Gasteiger partial charge in [-0.05, 0) is 36.0 Å². The average molecular weight is 324 g/mol. The van der Waals surface area contributed by atoms with Crippen LogP contribution < -0.4 is 4.74 Å². The van der Waals surface area contributed by atoms with Gasteiger partial charge >= 0.3 is 0 Å². The average Bonchev–Trinajstić information content (AvgIpc) is 2.95. The molecule has 0 unspecified atom stereocenters. The van der Waals surface area contributed by atoms with E-state index >= 15 is 0 Å². The lowest BCUT2D eigenvalue weighted by atomic mass is 10.3. The minimum Gasteiger partial charge on any atom is -0.486 e. The molecule has 0 saturated carbocycles. The molecule has 0 aliphatic carbocycles. The van der Waals surface area contributed by atoms with E-state index in [-0.39, 0.29) is 5.69 Å². The quantitative estimate of drug-likeness (QED) is 0.710. The van der Waals surface area contributed by atoms with Crippen LogP contribution in [0.4, 0.5) is 0 Å². The van der Waals surface area contributed by atoms with Crippen LogP contribution in [-0.2, 0) is 13.7 Å². The lowest BCUT2D eigenvalue weighted by Gasteiger charge is -2.06. The molecule has 3 rings (SSSR count). The molecule has 23 heavy (non-hydrogen) atoms. The van der Waals surface area contributed by atoms with E-state index in [1.807, 2.05) is 48.0 Å². The van der Waals surface area contributed by atoms with E-state index in [1.54, 1.807) is 12.1 Å². The third kappa shape index (κ3) is 3.64. The summed E-state index contributed by atoms with van der Waals surface area (Å²) < 4.78 is 7.51. The van der Waals surface area contributed by atoms with Crippen molar-refractivity contribution >= 4 is 11.8 Å². The van der Waals surface area contributed by atoms with E-state index in [0.29, 0.717) is 22.6 Å². The Labute approximate surface area is 137 Å². The largest absolute Gasteiger partial charge is 0.486 e. The molecule has 0 spiro atoms. The second-order valence-corrected chi connectivity index (χ2v) is 5.52. The highest BCUT2D eigenvalue weighted by Gasteiger charge is 2.12. The fraction of sp³-hybridized carbons (Fsp3) is 0.133. The SMILES string of the molecule is Cn1c(COc2ccccc2)nnc1Sc1ccc(C#N)nn1. The van der Waals surface area contributed by atoms with Crippen LogP contribution in [0.2, 0.25) is 0 Å². The summed E-state index contributed by atoms with van der Waals surface area (Å²) in [6.45, 7) is 0.327. The van der Waals surface area contributed by atoms with Crippen LogP contribution in [0, 0.1) is 11.3 Å². The molecule has 0 amide bonds. The van der Waals surface area contributed by atoms with E-state index in [4.69, 9.17) is 10.00 Å². The summed E-state index contributed by atoms with van der Waals surface area (Å²) in [6, 6.07) is 14.8. The van der Waals surface area contributed by atoms with Gasteiger partial charge in [0.25, 0.3) is 0 Å². The number of ether oxygens (including phenoxy) is 1. The molecule has 1 aromatic carbocycles. The number of nitrogens with zero attached hydrogens (tertiary/aromatic N) is 6. The molecule has 0 fully saturated rings. The maximum atomic E-state index is 8.72.